The second kappa shape index (κ2) is 4.83. The summed E-state index contributed by atoms with van der Waals surface area (Å²) in [7, 11) is 1.39. The summed E-state index contributed by atoms with van der Waals surface area (Å²) < 4.78 is 18.2. The van der Waals surface area contributed by atoms with E-state index >= 15 is 0 Å². The Kier molecular flexibility index (Phi) is 3.52. The molecule has 0 amide bonds. The van der Waals surface area contributed by atoms with Gasteiger partial charge < -0.3 is 10.1 Å². The lowest BCUT2D eigenvalue weighted by Gasteiger charge is -2.30. The van der Waals surface area contributed by atoms with Gasteiger partial charge in [-0.3, -0.25) is 0 Å². The molecule has 2 rings (SSSR count). The van der Waals surface area contributed by atoms with E-state index in [0.29, 0.717) is 18.5 Å². The van der Waals surface area contributed by atoms with Crippen molar-refractivity contribution in [2.24, 2.45) is 5.41 Å². The van der Waals surface area contributed by atoms with Crippen LogP contribution in [-0.4, -0.2) is 18.6 Å². The van der Waals surface area contributed by atoms with Gasteiger partial charge in [0.05, 0.1) is 7.11 Å². The van der Waals surface area contributed by atoms with Gasteiger partial charge in [-0.25, -0.2) is 9.18 Å². The number of methoxy groups -OCH3 is 1. The van der Waals surface area contributed by atoms with Crippen LogP contribution in [0.4, 0.5) is 10.1 Å². The molecule has 1 aromatic rings. The number of rotatable bonds is 3. The Labute approximate surface area is 113 Å². The van der Waals surface area contributed by atoms with Gasteiger partial charge in [0.25, 0.3) is 0 Å². The molecule has 0 heterocycles. The van der Waals surface area contributed by atoms with Crippen LogP contribution in [0.25, 0.3) is 0 Å². The van der Waals surface area contributed by atoms with Crippen LogP contribution in [0.3, 0.4) is 0 Å². The van der Waals surface area contributed by atoms with Gasteiger partial charge in [-0.05, 0) is 42.9 Å². The lowest BCUT2D eigenvalue weighted by atomic mass is 9.87. The van der Waals surface area contributed by atoms with Crippen LogP contribution in [0, 0.1) is 11.2 Å². The molecule has 1 N–H and O–H groups in total. The molecule has 0 bridgehead atoms. The summed E-state index contributed by atoms with van der Waals surface area (Å²) in [5.74, 6) is -0.593. The number of carbonyl (C=O) groups is 1. The molecule has 1 atom stereocenters. The highest BCUT2D eigenvalue weighted by Crippen LogP contribution is 2.45. The Morgan fingerprint density at radius 3 is 2.63 bits per heavy atom. The summed E-state index contributed by atoms with van der Waals surface area (Å²) in [6.45, 7) is 4.26. The molecule has 0 spiro atoms. The third-order valence-corrected chi connectivity index (χ3v) is 3.79. The van der Waals surface area contributed by atoms with Crippen LogP contribution < -0.4 is 5.32 Å². The van der Waals surface area contributed by atoms with Crippen molar-refractivity contribution in [1.29, 1.82) is 0 Å². The monoisotopic (exact) mass is 265 g/mol. The Morgan fingerprint density at radius 2 is 2.11 bits per heavy atom. The topological polar surface area (TPSA) is 38.3 Å². The fourth-order valence-corrected chi connectivity index (χ4v) is 2.92. The minimum absolute atomic E-state index is 0.0779. The largest absolute Gasteiger partial charge is 0.467 e. The van der Waals surface area contributed by atoms with Crippen molar-refractivity contribution in [2.45, 2.75) is 38.6 Å². The van der Waals surface area contributed by atoms with Crippen molar-refractivity contribution in [2.75, 3.05) is 12.4 Å². The highest BCUT2D eigenvalue weighted by Gasteiger charge is 2.49. The van der Waals surface area contributed by atoms with Crippen molar-refractivity contribution in [3.05, 3.63) is 30.1 Å². The molecule has 1 fully saturated rings. The van der Waals surface area contributed by atoms with Crippen molar-refractivity contribution >= 4 is 11.7 Å². The number of nitrogens with one attached hydrogen (secondary N) is 1. The van der Waals surface area contributed by atoms with E-state index in [-0.39, 0.29) is 17.2 Å². The number of esters is 1. The quantitative estimate of drug-likeness (QED) is 0.852. The van der Waals surface area contributed by atoms with Gasteiger partial charge in [0.1, 0.15) is 11.4 Å². The Hall–Kier alpha value is -1.58. The molecule has 0 radical (unpaired) electrons. The van der Waals surface area contributed by atoms with Gasteiger partial charge in [0.15, 0.2) is 0 Å². The predicted molar refractivity (Wildman–Crippen MR) is 72.4 cm³/mol. The average Bonchev–Trinajstić information content (AvgIpc) is 2.65. The zero-order valence-electron chi connectivity index (χ0n) is 11.6. The van der Waals surface area contributed by atoms with E-state index in [1.54, 1.807) is 12.1 Å². The first-order chi connectivity index (χ1) is 8.87. The third-order valence-electron chi connectivity index (χ3n) is 3.79. The van der Waals surface area contributed by atoms with Gasteiger partial charge >= 0.3 is 5.97 Å². The lowest BCUT2D eigenvalue weighted by molar-refractivity contribution is -0.146. The fourth-order valence-electron chi connectivity index (χ4n) is 2.92. The lowest BCUT2D eigenvalue weighted by Crippen LogP contribution is -2.45. The predicted octanol–water partition coefficient (Wildman–Crippen LogP) is 3.36. The summed E-state index contributed by atoms with van der Waals surface area (Å²) in [5.41, 5.74) is -0.0521. The number of hydrogen-bond donors (Lipinski definition) is 1. The van der Waals surface area contributed by atoms with E-state index in [2.05, 4.69) is 19.2 Å². The van der Waals surface area contributed by atoms with Gasteiger partial charge in [0.2, 0.25) is 0 Å². The summed E-state index contributed by atoms with van der Waals surface area (Å²) in [6, 6.07) is 6.17. The summed E-state index contributed by atoms with van der Waals surface area (Å²) in [5, 5.41) is 3.19. The first-order valence-corrected chi connectivity index (χ1v) is 6.49. The Bertz CT molecular complexity index is 487. The van der Waals surface area contributed by atoms with Crippen LogP contribution in [0.5, 0.6) is 0 Å². The highest BCUT2D eigenvalue weighted by atomic mass is 19.1. The number of ether oxygens (including phenoxy) is 1. The second-order valence-electron chi connectivity index (χ2n) is 6.05. The molecular formula is C15H20FNO2. The van der Waals surface area contributed by atoms with Crippen molar-refractivity contribution in [1.82, 2.24) is 0 Å². The van der Waals surface area contributed by atoms with Gasteiger partial charge in [-0.1, -0.05) is 19.9 Å². The summed E-state index contributed by atoms with van der Waals surface area (Å²) in [6.07, 6.45) is 2.32. The van der Waals surface area contributed by atoms with Crippen molar-refractivity contribution < 1.29 is 13.9 Å². The van der Waals surface area contributed by atoms with E-state index in [1.807, 2.05) is 0 Å². The molecule has 0 saturated heterocycles. The first-order valence-electron chi connectivity index (χ1n) is 6.49. The average molecular weight is 265 g/mol. The van der Waals surface area contributed by atoms with Crippen LogP contribution in [-0.2, 0) is 9.53 Å². The van der Waals surface area contributed by atoms with E-state index < -0.39 is 5.54 Å². The zero-order chi connectivity index (χ0) is 14.1. The number of benzene rings is 1. The molecule has 4 heteroatoms. The number of hydrogen-bond acceptors (Lipinski definition) is 3. The summed E-state index contributed by atoms with van der Waals surface area (Å²) in [4.78, 5) is 12.1. The standard InChI is InChI=1S/C15H20FNO2/c1-14(2)7-8-15(10-14,13(18)19-3)17-12-6-4-5-11(16)9-12/h4-6,9,17H,7-8,10H2,1-3H3. The fraction of sp³-hybridized carbons (Fsp3) is 0.533. The third kappa shape index (κ3) is 2.88. The molecule has 3 nitrogen and oxygen atoms in total. The van der Waals surface area contributed by atoms with E-state index in [4.69, 9.17) is 4.74 Å². The number of anilines is 1. The molecule has 1 aliphatic carbocycles. The van der Waals surface area contributed by atoms with E-state index in [1.165, 1.54) is 19.2 Å². The SMILES string of the molecule is COC(=O)C1(Nc2cccc(F)c2)CCC(C)(C)C1. The maximum Gasteiger partial charge on any atom is 0.331 e. The normalized spacial score (nSPS) is 25.1. The van der Waals surface area contributed by atoms with Crippen LogP contribution >= 0.6 is 0 Å². The molecular weight excluding hydrogens is 245 g/mol. The number of halogens is 1. The minimum atomic E-state index is -0.744. The molecule has 0 aromatic heterocycles. The van der Waals surface area contributed by atoms with Crippen LogP contribution in [0.1, 0.15) is 33.1 Å². The maximum absolute atomic E-state index is 13.2. The molecule has 1 aliphatic rings. The molecule has 1 aromatic carbocycles. The van der Waals surface area contributed by atoms with Crippen molar-refractivity contribution in [3.63, 3.8) is 0 Å². The summed E-state index contributed by atoms with van der Waals surface area (Å²) >= 11 is 0. The molecule has 1 saturated carbocycles. The smallest absolute Gasteiger partial charge is 0.331 e. The van der Waals surface area contributed by atoms with E-state index in [9.17, 15) is 9.18 Å². The highest BCUT2D eigenvalue weighted by molar-refractivity contribution is 5.85. The minimum Gasteiger partial charge on any atom is -0.467 e. The molecule has 0 aliphatic heterocycles. The van der Waals surface area contributed by atoms with Gasteiger partial charge in [0, 0.05) is 5.69 Å². The van der Waals surface area contributed by atoms with Gasteiger partial charge in [-0.15, -0.1) is 0 Å². The molecule has 1 unspecified atom stereocenters. The first kappa shape index (κ1) is 13.8. The Balaban J connectivity index is 2.28. The van der Waals surface area contributed by atoms with Crippen molar-refractivity contribution in [3.8, 4) is 0 Å². The Morgan fingerprint density at radius 1 is 1.37 bits per heavy atom. The van der Waals surface area contributed by atoms with Crippen LogP contribution in [0.15, 0.2) is 24.3 Å². The van der Waals surface area contributed by atoms with Crippen LogP contribution in [0.2, 0.25) is 0 Å². The second-order valence-corrected chi connectivity index (χ2v) is 6.05. The van der Waals surface area contributed by atoms with Gasteiger partial charge in [-0.2, -0.15) is 0 Å². The maximum atomic E-state index is 13.2. The number of carbonyl (C=O) groups excluding carboxylic acids is 1. The zero-order valence-corrected chi connectivity index (χ0v) is 11.6. The van der Waals surface area contributed by atoms with E-state index in [0.717, 1.165) is 6.42 Å². The molecule has 19 heavy (non-hydrogen) atoms. The molecule has 104 valence electrons.